The van der Waals surface area contributed by atoms with Crippen molar-refractivity contribution in [2.45, 2.75) is 6.42 Å². The fraction of sp³-hybridized carbons (Fsp3) is 0.333. The molecule has 1 aromatic rings. The molecule has 0 spiro atoms. The Morgan fingerprint density at radius 1 is 1.23 bits per heavy atom. The van der Waals surface area contributed by atoms with Gasteiger partial charge in [0.15, 0.2) is 0 Å². The summed E-state index contributed by atoms with van der Waals surface area (Å²) >= 11 is 15.7. The summed E-state index contributed by atoms with van der Waals surface area (Å²) in [5, 5.41) is 4.34. The first-order chi connectivity index (χ1) is 6.24. The highest BCUT2D eigenvalue weighted by Crippen LogP contribution is 2.22. The maximum Gasteiger partial charge on any atom is 0.0595 e. The van der Waals surface area contributed by atoms with Crippen LogP contribution in [-0.2, 0) is 6.42 Å². The van der Waals surface area contributed by atoms with Gasteiger partial charge in [0, 0.05) is 5.88 Å². The lowest BCUT2D eigenvalue weighted by molar-refractivity contribution is 0.776. The summed E-state index contributed by atoms with van der Waals surface area (Å²) in [5.74, 6) is 0.696. The number of halogens is 2. The maximum absolute atomic E-state index is 5.86. The number of nitrogens with one attached hydrogen (secondary N) is 1. The van der Waals surface area contributed by atoms with Crippen molar-refractivity contribution in [3.63, 3.8) is 0 Å². The molecule has 1 nitrogen and oxygen atoms in total. The van der Waals surface area contributed by atoms with Gasteiger partial charge in [-0.05, 0) is 30.7 Å². The summed E-state index contributed by atoms with van der Waals surface area (Å²) in [7, 11) is 0. The van der Waals surface area contributed by atoms with Gasteiger partial charge in [0.25, 0.3) is 0 Å². The van der Waals surface area contributed by atoms with Crippen molar-refractivity contribution < 1.29 is 0 Å². The van der Waals surface area contributed by atoms with E-state index in [0.717, 1.165) is 13.0 Å². The molecular formula is C9H11Cl2NS. The average Bonchev–Trinajstić information content (AvgIpc) is 2.12. The summed E-state index contributed by atoms with van der Waals surface area (Å²) in [6.45, 7) is 0.904. The van der Waals surface area contributed by atoms with Crippen LogP contribution in [0.15, 0.2) is 18.2 Å². The quantitative estimate of drug-likeness (QED) is 0.465. The van der Waals surface area contributed by atoms with Gasteiger partial charge >= 0.3 is 0 Å². The predicted molar refractivity (Wildman–Crippen MR) is 62.0 cm³/mol. The summed E-state index contributed by atoms with van der Waals surface area (Å²) < 4.78 is 0. The number of rotatable bonds is 4. The minimum Gasteiger partial charge on any atom is -0.308 e. The van der Waals surface area contributed by atoms with E-state index < -0.39 is 0 Å². The third-order valence-corrected chi connectivity index (χ3v) is 2.65. The van der Waals surface area contributed by atoms with Gasteiger partial charge in [-0.3, -0.25) is 0 Å². The molecule has 4 heteroatoms. The molecule has 0 aliphatic heterocycles. The van der Waals surface area contributed by atoms with E-state index in [2.05, 4.69) is 17.9 Å². The van der Waals surface area contributed by atoms with E-state index in [-0.39, 0.29) is 0 Å². The van der Waals surface area contributed by atoms with Crippen molar-refractivity contribution in [3.05, 3.63) is 33.8 Å². The Balaban J connectivity index is 2.53. The first-order valence-electron chi connectivity index (χ1n) is 3.99. The first kappa shape index (κ1) is 11.2. The van der Waals surface area contributed by atoms with Crippen molar-refractivity contribution in [2.24, 2.45) is 0 Å². The van der Waals surface area contributed by atoms with Crippen molar-refractivity contribution in [1.29, 1.82) is 0 Å². The topological polar surface area (TPSA) is 12.0 Å². The molecule has 1 rings (SSSR count). The molecule has 0 bridgehead atoms. The zero-order chi connectivity index (χ0) is 9.68. The zero-order valence-corrected chi connectivity index (χ0v) is 9.46. The number of thiol groups is 1. The smallest absolute Gasteiger partial charge is 0.0595 e. The van der Waals surface area contributed by atoms with Gasteiger partial charge in [0.1, 0.15) is 0 Å². The highest BCUT2D eigenvalue weighted by Gasteiger charge is 1.98. The predicted octanol–water partition coefficient (Wildman–Crippen LogP) is 3.01. The van der Waals surface area contributed by atoms with Crippen LogP contribution in [0, 0.1) is 0 Å². The lowest BCUT2D eigenvalue weighted by Crippen LogP contribution is -2.14. The molecule has 1 aromatic carbocycles. The van der Waals surface area contributed by atoms with E-state index in [4.69, 9.17) is 23.2 Å². The summed E-state index contributed by atoms with van der Waals surface area (Å²) in [5.41, 5.74) is 1.18. The van der Waals surface area contributed by atoms with Crippen molar-refractivity contribution in [3.8, 4) is 0 Å². The second kappa shape index (κ2) is 5.76. The third kappa shape index (κ3) is 3.77. The van der Waals surface area contributed by atoms with E-state index in [1.807, 2.05) is 18.2 Å². The van der Waals surface area contributed by atoms with Gasteiger partial charge < -0.3 is 5.32 Å². The Morgan fingerprint density at radius 3 is 2.62 bits per heavy atom. The van der Waals surface area contributed by atoms with Crippen LogP contribution in [0.25, 0.3) is 0 Å². The molecule has 0 amide bonds. The summed E-state index contributed by atoms with van der Waals surface area (Å²) in [4.78, 5) is 0. The van der Waals surface area contributed by atoms with Crippen LogP contribution in [0.2, 0.25) is 10.0 Å². The summed E-state index contributed by atoms with van der Waals surface area (Å²) in [6, 6.07) is 5.69. The Bertz CT molecular complexity index is 278. The molecule has 0 atom stereocenters. The molecule has 0 unspecified atom stereocenters. The van der Waals surface area contributed by atoms with Crippen molar-refractivity contribution >= 4 is 35.8 Å². The molecule has 0 aliphatic carbocycles. The minimum atomic E-state index is 0.604. The van der Waals surface area contributed by atoms with Crippen molar-refractivity contribution in [1.82, 2.24) is 5.32 Å². The number of benzene rings is 1. The summed E-state index contributed by atoms with van der Waals surface area (Å²) in [6.07, 6.45) is 0.942. The molecule has 0 aromatic heterocycles. The largest absolute Gasteiger partial charge is 0.308 e. The highest BCUT2D eigenvalue weighted by atomic mass is 35.5. The lowest BCUT2D eigenvalue weighted by Gasteiger charge is -2.03. The van der Waals surface area contributed by atoms with E-state index in [9.17, 15) is 0 Å². The minimum absolute atomic E-state index is 0.604. The van der Waals surface area contributed by atoms with E-state index in [1.165, 1.54) is 5.56 Å². The second-order valence-corrected chi connectivity index (χ2v) is 3.79. The number of hydrogen-bond acceptors (Lipinski definition) is 2. The molecule has 72 valence electrons. The fourth-order valence-electron chi connectivity index (χ4n) is 1.01. The molecule has 13 heavy (non-hydrogen) atoms. The number of hydrogen-bond donors (Lipinski definition) is 2. The Labute approximate surface area is 93.8 Å². The molecule has 0 radical (unpaired) electrons. The van der Waals surface area contributed by atoms with Gasteiger partial charge in [-0.1, -0.05) is 29.3 Å². The van der Waals surface area contributed by atoms with Crippen molar-refractivity contribution in [2.75, 3.05) is 12.4 Å². The van der Waals surface area contributed by atoms with Gasteiger partial charge in [-0.25, -0.2) is 0 Å². The van der Waals surface area contributed by atoms with E-state index in [0.29, 0.717) is 15.9 Å². The van der Waals surface area contributed by atoms with Gasteiger partial charge in [-0.15, -0.1) is 0 Å². The third-order valence-electron chi connectivity index (χ3n) is 1.69. The molecule has 0 saturated heterocycles. The Hall–Kier alpha value is 0.110. The van der Waals surface area contributed by atoms with Gasteiger partial charge in [-0.2, -0.15) is 12.6 Å². The Kier molecular flexibility index (Phi) is 4.96. The molecule has 0 saturated carbocycles. The maximum atomic E-state index is 5.86. The van der Waals surface area contributed by atoms with Crippen LogP contribution in [0.3, 0.4) is 0 Å². The molecule has 0 fully saturated rings. The van der Waals surface area contributed by atoms with E-state index >= 15 is 0 Å². The van der Waals surface area contributed by atoms with Crippen LogP contribution in [0.4, 0.5) is 0 Å². The standard InChI is InChI=1S/C9H11Cl2NS/c10-8-2-1-7(5-9(8)11)3-4-12-6-13/h1-2,5,12-13H,3-4,6H2. The van der Waals surface area contributed by atoms with Gasteiger partial charge in [0.2, 0.25) is 0 Å². The Morgan fingerprint density at radius 2 is 2.00 bits per heavy atom. The monoisotopic (exact) mass is 235 g/mol. The van der Waals surface area contributed by atoms with Crippen LogP contribution in [-0.4, -0.2) is 12.4 Å². The van der Waals surface area contributed by atoms with E-state index in [1.54, 1.807) is 0 Å². The molecule has 0 heterocycles. The van der Waals surface area contributed by atoms with Crippen LogP contribution in [0.5, 0.6) is 0 Å². The fourth-order valence-corrected chi connectivity index (χ4v) is 1.49. The molecule has 0 aliphatic rings. The first-order valence-corrected chi connectivity index (χ1v) is 5.38. The average molecular weight is 236 g/mol. The molecular weight excluding hydrogens is 225 g/mol. The van der Waals surface area contributed by atoms with Crippen LogP contribution >= 0.6 is 35.8 Å². The van der Waals surface area contributed by atoms with Crippen LogP contribution in [0.1, 0.15) is 5.56 Å². The SMILES string of the molecule is SCNCCc1ccc(Cl)c(Cl)c1. The molecule has 1 N–H and O–H groups in total. The second-order valence-electron chi connectivity index (χ2n) is 2.66. The lowest BCUT2D eigenvalue weighted by atomic mass is 10.1. The zero-order valence-electron chi connectivity index (χ0n) is 7.06. The highest BCUT2D eigenvalue weighted by molar-refractivity contribution is 7.80. The normalized spacial score (nSPS) is 10.4. The van der Waals surface area contributed by atoms with Gasteiger partial charge in [0.05, 0.1) is 10.0 Å². The van der Waals surface area contributed by atoms with Crippen LogP contribution < -0.4 is 5.32 Å².